The third-order valence-electron chi connectivity index (χ3n) is 4.86. The van der Waals surface area contributed by atoms with Crippen molar-refractivity contribution >= 4 is 17.6 Å². The molecule has 35 heavy (non-hydrogen) atoms. The van der Waals surface area contributed by atoms with Crippen LogP contribution >= 0.6 is 0 Å². The number of nitrogens with one attached hydrogen (secondary N) is 1. The molecule has 0 aliphatic carbocycles. The predicted molar refractivity (Wildman–Crippen MR) is 117 cm³/mol. The molecular weight excluding hydrogens is 469 g/mol. The molecule has 0 radical (unpaired) electrons. The van der Waals surface area contributed by atoms with E-state index in [0.29, 0.717) is 37.1 Å². The molecule has 0 saturated carbocycles. The van der Waals surface area contributed by atoms with Gasteiger partial charge in [0.2, 0.25) is 17.6 Å². The predicted octanol–water partition coefficient (Wildman–Crippen LogP) is 1.77. The van der Waals surface area contributed by atoms with Gasteiger partial charge in [-0.15, -0.1) is 13.2 Å². The zero-order chi connectivity index (χ0) is 24.8. The second-order valence-corrected chi connectivity index (χ2v) is 7.45. The van der Waals surface area contributed by atoms with Crippen LogP contribution in [0.25, 0.3) is 11.4 Å². The lowest BCUT2D eigenvalue weighted by atomic mass is 10.2. The molecule has 1 aromatic carbocycles. The van der Waals surface area contributed by atoms with Gasteiger partial charge in [-0.2, -0.15) is 9.98 Å². The Kier molecular flexibility index (Phi) is 7.31. The number of aromatic nitrogens is 4. The number of aliphatic imine (C=N–C) groups is 1. The van der Waals surface area contributed by atoms with Crippen molar-refractivity contribution in [3.8, 4) is 17.1 Å². The van der Waals surface area contributed by atoms with Gasteiger partial charge in [0.05, 0.1) is 13.2 Å². The van der Waals surface area contributed by atoms with E-state index in [-0.39, 0.29) is 23.3 Å². The van der Waals surface area contributed by atoms with Crippen LogP contribution in [-0.2, 0) is 11.3 Å². The maximum absolute atomic E-state index is 12.3. The van der Waals surface area contributed by atoms with Gasteiger partial charge in [-0.1, -0.05) is 5.16 Å². The summed E-state index contributed by atoms with van der Waals surface area (Å²) in [5.41, 5.74) is 1.20. The zero-order valence-corrected chi connectivity index (χ0v) is 18.6. The van der Waals surface area contributed by atoms with Gasteiger partial charge in [-0.05, 0) is 30.3 Å². The average Bonchev–Trinajstić information content (AvgIpc) is 3.34. The molecule has 0 amide bonds. The number of amidine groups is 2. The summed E-state index contributed by atoms with van der Waals surface area (Å²) in [7, 11) is 0. The normalized spacial score (nSPS) is 14.7. The summed E-state index contributed by atoms with van der Waals surface area (Å²) in [5.74, 6) is 0.574. The number of hydrogen-bond donors (Lipinski definition) is 2. The monoisotopic (exact) mass is 491 g/mol. The number of hydrogen-bond acceptors (Lipinski definition) is 9. The minimum absolute atomic E-state index is 0.108. The minimum atomic E-state index is -4.78. The van der Waals surface area contributed by atoms with Crippen molar-refractivity contribution < 1.29 is 32.5 Å². The summed E-state index contributed by atoms with van der Waals surface area (Å²) in [6.45, 7) is 4.98. The molecule has 14 heteroatoms. The van der Waals surface area contributed by atoms with Crippen LogP contribution in [0.15, 0.2) is 46.0 Å². The summed E-state index contributed by atoms with van der Waals surface area (Å²) in [6, 6.07) is 6.80. The van der Waals surface area contributed by atoms with Gasteiger partial charge in [0.15, 0.2) is 5.84 Å². The molecule has 1 aliphatic heterocycles. The van der Waals surface area contributed by atoms with Gasteiger partial charge < -0.3 is 18.9 Å². The fourth-order valence-corrected chi connectivity index (χ4v) is 3.18. The number of morpholine rings is 1. The van der Waals surface area contributed by atoms with Crippen LogP contribution in [0.1, 0.15) is 18.5 Å². The maximum Gasteiger partial charge on any atom is 0.573 e. The third kappa shape index (κ3) is 6.80. The number of nitrogens with two attached hydrogens (primary N) is 1. The van der Waals surface area contributed by atoms with E-state index in [1.807, 2.05) is 11.4 Å². The maximum atomic E-state index is 12.3. The van der Waals surface area contributed by atoms with Crippen molar-refractivity contribution in [3.63, 3.8) is 0 Å². The second kappa shape index (κ2) is 10.6. The van der Waals surface area contributed by atoms with Crippen LogP contribution in [-0.4, -0.2) is 64.4 Å². The lowest BCUT2D eigenvalue weighted by Crippen LogP contribution is -2.86. The third-order valence-corrected chi connectivity index (χ3v) is 4.86. The van der Waals surface area contributed by atoms with Gasteiger partial charge in [-0.3, -0.25) is 10.7 Å². The van der Waals surface area contributed by atoms with Crippen LogP contribution in [0.3, 0.4) is 0 Å². The van der Waals surface area contributed by atoms with E-state index in [2.05, 4.69) is 34.7 Å². The highest BCUT2D eigenvalue weighted by molar-refractivity contribution is 5.99. The first-order chi connectivity index (χ1) is 16.8. The Balaban J connectivity index is 1.35. The van der Waals surface area contributed by atoms with Crippen molar-refractivity contribution in [3.05, 3.63) is 48.1 Å². The van der Waals surface area contributed by atoms with Gasteiger partial charge in [0.25, 0.3) is 5.89 Å². The van der Waals surface area contributed by atoms with Gasteiger partial charge in [-0.25, -0.2) is 9.97 Å². The molecule has 1 aliphatic rings. The van der Waals surface area contributed by atoms with E-state index in [1.165, 1.54) is 12.1 Å². The Labute approximate surface area is 197 Å². The van der Waals surface area contributed by atoms with E-state index in [4.69, 9.17) is 14.7 Å². The molecule has 4 rings (SSSR count). The lowest BCUT2D eigenvalue weighted by Gasteiger charge is -2.26. The number of nitrogens with zero attached hydrogens (tertiary/aromatic N) is 6. The van der Waals surface area contributed by atoms with E-state index in [9.17, 15) is 13.2 Å². The number of rotatable bonds is 6. The molecule has 1 fully saturated rings. The van der Waals surface area contributed by atoms with Crippen molar-refractivity contribution in [2.24, 2.45) is 4.99 Å². The first-order valence-electron chi connectivity index (χ1n) is 10.6. The van der Waals surface area contributed by atoms with Crippen molar-refractivity contribution in [2.45, 2.75) is 19.8 Å². The Bertz CT molecular complexity index is 1190. The Morgan fingerprint density at radius 3 is 2.63 bits per heavy atom. The molecule has 3 heterocycles. The minimum Gasteiger partial charge on any atom is -0.406 e. The van der Waals surface area contributed by atoms with E-state index < -0.39 is 6.36 Å². The highest BCUT2D eigenvalue weighted by Crippen LogP contribution is 2.25. The number of benzene rings is 1. The lowest BCUT2D eigenvalue weighted by molar-refractivity contribution is -0.558. The molecule has 11 nitrogen and oxygen atoms in total. The van der Waals surface area contributed by atoms with Crippen LogP contribution in [0.4, 0.5) is 19.1 Å². The molecular formula is C21H22F3N8O3+. The molecule has 0 atom stereocenters. The van der Waals surface area contributed by atoms with E-state index >= 15 is 0 Å². The van der Waals surface area contributed by atoms with Crippen LogP contribution in [0, 0.1) is 5.41 Å². The molecule has 184 valence electrons. The topological polar surface area (TPSA) is 139 Å². The van der Waals surface area contributed by atoms with Crippen molar-refractivity contribution in [1.82, 2.24) is 20.1 Å². The van der Waals surface area contributed by atoms with Crippen LogP contribution < -0.4 is 15.0 Å². The molecule has 1 saturated heterocycles. The fraction of sp³-hybridized carbons (Fsp3) is 0.333. The van der Waals surface area contributed by atoms with Crippen molar-refractivity contribution in [1.29, 1.82) is 5.41 Å². The number of anilines is 1. The molecule has 2 aromatic heterocycles. The molecule has 3 N–H and O–H groups in total. The highest BCUT2D eigenvalue weighted by Gasteiger charge is 2.31. The fourth-order valence-electron chi connectivity index (χ4n) is 3.18. The highest BCUT2D eigenvalue weighted by atomic mass is 19.4. The summed E-state index contributed by atoms with van der Waals surface area (Å²) < 4.78 is 51.2. The Hall–Kier alpha value is -3.91. The zero-order valence-electron chi connectivity index (χ0n) is 18.6. The smallest absolute Gasteiger partial charge is 0.406 e. The van der Waals surface area contributed by atoms with Crippen molar-refractivity contribution in [2.75, 3.05) is 31.2 Å². The first kappa shape index (κ1) is 24.2. The molecule has 0 unspecified atom stereocenters. The average molecular weight is 491 g/mol. The second-order valence-electron chi connectivity index (χ2n) is 7.45. The summed E-state index contributed by atoms with van der Waals surface area (Å²) in [5, 5.41) is 13.7. The van der Waals surface area contributed by atoms with E-state index in [0.717, 1.165) is 30.9 Å². The van der Waals surface area contributed by atoms with Gasteiger partial charge in [0, 0.05) is 31.8 Å². The largest absolute Gasteiger partial charge is 0.573 e. The summed E-state index contributed by atoms with van der Waals surface area (Å²) in [6.07, 6.45) is -3.07. The van der Waals surface area contributed by atoms with Crippen LogP contribution in [0.2, 0.25) is 0 Å². The Morgan fingerprint density at radius 2 is 1.91 bits per heavy atom. The Morgan fingerprint density at radius 1 is 1.17 bits per heavy atom. The molecule has 0 bridgehead atoms. The molecule has 0 spiro atoms. The number of halogens is 3. The summed E-state index contributed by atoms with van der Waals surface area (Å²) in [4.78, 5) is 19.2. The molecule has 3 aromatic rings. The van der Waals surface area contributed by atoms with Crippen LogP contribution in [0.5, 0.6) is 5.75 Å². The SMILES string of the molecule is CC(=NC(=N)c1nc(-c2ccc(OC(F)(F)F)cc2)no1)[NH2+]Cc1ccnc(N2CCOCC2)n1. The summed E-state index contributed by atoms with van der Waals surface area (Å²) >= 11 is 0. The van der Waals surface area contributed by atoms with Gasteiger partial charge in [0.1, 0.15) is 18.0 Å². The number of ether oxygens (including phenoxy) is 2. The first-order valence-corrected chi connectivity index (χ1v) is 10.6. The van der Waals surface area contributed by atoms with E-state index in [1.54, 1.807) is 13.1 Å². The number of alkyl halides is 3. The van der Waals surface area contributed by atoms with Gasteiger partial charge >= 0.3 is 6.36 Å². The standard InChI is InChI=1S/C21H21F3N8O3/c1-13(27-12-15-6-7-26-20(29-15)32-8-10-33-11-9-32)28-17(25)19-30-18(31-35-19)14-2-4-16(5-3-14)34-21(22,23)24/h2-7H,8-12H2,1H3,(H2,25,27,28)/p+1. The quantitative estimate of drug-likeness (QED) is 0.393. The number of quaternary nitrogens is 1.